The van der Waals surface area contributed by atoms with Crippen molar-refractivity contribution in [2.45, 2.75) is 0 Å². The standard InChI is InChI=1S/C14H12ClN3O4/c1-16-14(19)17-9-5-7-10(8-6-9)22-13-11(15)3-2-4-12(13)18(20)21/h2-8H,1H3,(H2,16,17,19). The van der Waals surface area contributed by atoms with E-state index in [1.54, 1.807) is 24.3 Å². The molecule has 7 nitrogen and oxygen atoms in total. The third-order valence-corrected chi connectivity index (χ3v) is 3.00. The van der Waals surface area contributed by atoms with E-state index in [9.17, 15) is 14.9 Å². The maximum Gasteiger partial charge on any atom is 0.318 e. The average molecular weight is 322 g/mol. The average Bonchev–Trinajstić information content (AvgIpc) is 2.50. The van der Waals surface area contributed by atoms with Crippen molar-refractivity contribution < 1.29 is 14.5 Å². The van der Waals surface area contributed by atoms with Gasteiger partial charge in [0.15, 0.2) is 0 Å². The summed E-state index contributed by atoms with van der Waals surface area (Å²) < 4.78 is 5.49. The van der Waals surface area contributed by atoms with Crippen LogP contribution >= 0.6 is 11.6 Å². The minimum atomic E-state index is -0.567. The molecular formula is C14H12ClN3O4. The van der Waals surface area contributed by atoms with Crippen LogP contribution in [-0.2, 0) is 0 Å². The quantitative estimate of drug-likeness (QED) is 0.661. The van der Waals surface area contributed by atoms with Gasteiger partial charge in [0.05, 0.1) is 9.95 Å². The third-order valence-electron chi connectivity index (χ3n) is 2.70. The monoisotopic (exact) mass is 321 g/mol. The normalized spacial score (nSPS) is 9.91. The van der Waals surface area contributed by atoms with Gasteiger partial charge in [0.25, 0.3) is 0 Å². The molecule has 0 heterocycles. The van der Waals surface area contributed by atoms with Crippen LogP contribution in [0.15, 0.2) is 42.5 Å². The summed E-state index contributed by atoms with van der Waals surface area (Å²) in [6, 6.07) is 10.3. The highest BCUT2D eigenvalue weighted by molar-refractivity contribution is 6.32. The molecule has 114 valence electrons. The second kappa shape index (κ2) is 6.77. The van der Waals surface area contributed by atoms with Crippen molar-refractivity contribution in [2.75, 3.05) is 12.4 Å². The molecule has 0 aliphatic carbocycles. The molecule has 0 saturated heterocycles. The van der Waals surface area contributed by atoms with Crippen molar-refractivity contribution in [2.24, 2.45) is 0 Å². The number of anilines is 1. The number of nitro groups is 1. The number of nitro benzene ring substituents is 1. The Kier molecular flexibility index (Phi) is 4.80. The van der Waals surface area contributed by atoms with E-state index < -0.39 is 4.92 Å². The summed E-state index contributed by atoms with van der Waals surface area (Å²) in [4.78, 5) is 21.6. The third kappa shape index (κ3) is 3.64. The van der Waals surface area contributed by atoms with Crippen molar-refractivity contribution in [1.82, 2.24) is 5.32 Å². The number of nitrogens with zero attached hydrogens (tertiary/aromatic N) is 1. The molecule has 0 atom stereocenters. The Bertz CT molecular complexity index is 704. The maximum absolute atomic E-state index is 11.2. The Hall–Kier alpha value is -2.80. The lowest BCUT2D eigenvalue weighted by atomic mass is 10.2. The van der Waals surface area contributed by atoms with Gasteiger partial charge in [-0.15, -0.1) is 0 Å². The van der Waals surface area contributed by atoms with E-state index in [1.165, 1.54) is 25.2 Å². The van der Waals surface area contributed by atoms with Crippen LogP contribution in [0.1, 0.15) is 0 Å². The lowest BCUT2D eigenvalue weighted by Crippen LogP contribution is -2.24. The van der Waals surface area contributed by atoms with Gasteiger partial charge in [-0.1, -0.05) is 17.7 Å². The summed E-state index contributed by atoms with van der Waals surface area (Å²) in [5.41, 5.74) is 0.334. The van der Waals surface area contributed by atoms with Crippen LogP contribution in [0, 0.1) is 10.1 Å². The number of halogens is 1. The number of rotatable bonds is 4. The molecule has 0 spiro atoms. The molecule has 0 bridgehead atoms. The van der Waals surface area contributed by atoms with E-state index in [0.717, 1.165) is 0 Å². The van der Waals surface area contributed by atoms with Gasteiger partial charge in [0.1, 0.15) is 5.75 Å². The maximum atomic E-state index is 11.2. The summed E-state index contributed by atoms with van der Waals surface area (Å²) in [6.45, 7) is 0. The minimum absolute atomic E-state index is 0.0267. The second-order valence-corrected chi connectivity index (χ2v) is 4.58. The van der Waals surface area contributed by atoms with Crippen LogP contribution in [0.2, 0.25) is 5.02 Å². The zero-order chi connectivity index (χ0) is 16.1. The Morgan fingerprint density at radius 1 is 1.23 bits per heavy atom. The number of carbonyl (C=O) groups is 1. The van der Waals surface area contributed by atoms with Crippen molar-refractivity contribution >= 4 is 29.0 Å². The van der Waals surface area contributed by atoms with E-state index in [0.29, 0.717) is 11.4 Å². The zero-order valence-corrected chi connectivity index (χ0v) is 12.3. The van der Waals surface area contributed by atoms with Crippen LogP contribution in [0.25, 0.3) is 0 Å². The molecular weight excluding hydrogens is 310 g/mol. The number of hydrogen-bond acceptors (Lipinski definition) is 4. The predicted octanol–water partition coefficient (Wildman–Crippen LogP) is 3.79. The molecule has 0 aliphatic heterocycles. The first-order valence-electron chi connectivity index (χ1n) is 6.21. The molecule has 0 radical (unpaired) electrons. The second-order valence-electron chi connectivity index (χ2n) is 4.18. The molecule has 22 heavy (non-hydrogen) atoms. The molecule has 0 aromatic heterocycles. The number of nitrogens with one attached hydrogen (secondary N) is 2. The van der Waals surface area contributed by atoms with Crippen LogP contribution in [0.3, 0.4) is 0 Å². The molecule has 0 aliphatic rings. The summed E-state index contributed by atoms with van der Waals surface area (Å²) in [5.74, 6) is 0.333. The molecule has 0 fully saturated rings. The van der Waals surface area contributed by atoms with Gasteiger partial charge in [-0.3, -0.25) is 10.1 Å². The largest absolute Gasteiger partial charge is 0.449 e. The van der Waals surface area contributed by atoms with Crippen LogP contribution in [-0.4, -0.2) is 18.0 Å². The number of para-hydroxylation sites is 1. The fourth-order valence-corrected chi connectivity index (χ4v) is 1.87. The Morgan fingerprint density at radius 2 is 1.91 bits per heavy atom. The summed E-state index contributed by atoms with van der Waals surface area (Å²) in [5, 5.41) is 16.1. The van der Waals surface area contributed by atoms with Crippen LogP contribution in [0.5, 0.6) is 11.5 Å². The molecule has 0 unspecified atom stereocenters. The van der Waals surface area contributed by atoms with Crippen molar-refractivity contribution in [3.8, 4) is 11.5 Å². The first kappa shape index (κ1) is 15.6. The van der Waals surface area contributed by atoms with Crippen molar-refractivity contribution in [3.63, 3.8) is 0 Å². The van der Waals surface area contributed by atoms with Gasteiger partial charge < -0.3 is 15.4 Å². The fourth-order valence-electron chi connectivity index (χ4n) is 1.66. The lowest BCUT2D eigenvalue weighted by Gasteiger charge is -2.09. The van der Waals surface area contributed by atoms with Crippen molar-refractivity contribution in [3.05, 3.63) is 57.6 Å². The van der Waals surface area contributed by atoms with E-state index in [2.05, 4.69) is 10.6 Å². The molecule has 2 rings (SSSR count). The van der Waals surface area contributed by atoms with Crippen LogP contribution < -0.4 is 15.4 Å². The number of carbonyl (C=O) groups excluding carboxylic acids is 1. The highest BCUT2D eigenvalue weighted by atomic mass is 35.5. The van der Waals surface area contributed by atoms with Gasteiger partial charge in [0.2, 0.25) is 5.75 Å². The van der Waals surface area contributed by atoms with Gasteiger partial charge in [-0.05, 0) is 30.3 Å². The molecule has 2 aromatic carbocycles. The van der Waals surface area contributed by atoms with Gasteiger partial charge in [-0.2, -0.15) is 0 Å². The van der Waals surface area contributed by atoms with Gasteiger partial charge >= 0.3 is 11.7 Å². The highest BCUT2D eigenvalue weighted by Crippen LogP contribution is 2.37. The predicted molar refractivity (Wildman–Crippen MR) is 82.7 cm³/mol. The van der Waals surface area contributed by atoms with Gasteiger partial charge in [-0.25, -0.2) is 4.79 Å². The van der Waals surface area contributed by atoms with Crippen molar-refractivity contribution in [1.29, 1.82) is 0 Å². The summed E-state index contributed by atoms with van der Waals surface area (Å²) in [7, 11) is 1.50. The Balaban J connectivity index is 2.21. The number of hydrogen-bond donors (Lipinski definition) is 2. The highest BCUT2D eigenvalue weighted by Gasteiger charge is 2.18. The minimum Gasteiger partial charge on any atom is -0.449 e. The number of benzene rings is 2. The number of amides is 2. The number of urea groups is 1. The SMILES string of the molecule is CNC(=O)Nc1ccc(Oc2c(Cl)cccc2[N+](=O)[O-])cc1. The van der Waals surface area contributed by atoms with E-state index in [4.69, 9.17) is 16.3 Å². The van der Waals surface area contributed by atoms with E-state index >= 15 is 0 Å². The molecule has 2 N–H and O–H groups in total. The fraction of sp³-hybridized carbons (Fsp3) is 0.0714. The molecule has 2 aromatic rings. The molecule has 8 heteroatoms. The lowest BCUT2D eigenvalue weighted by molar-refractivity contribution is -0.385. The molecule has 0 saturated carbocycles. The first-order valence-corrected chi connectivity index (χ1v) is 6.58. The van der Waals surface area contributed by atoms with Gasteiger partial charge in [0, 0.05) is 18.8 Å². The number of ether oxygens (including phenoxy) is 1. The topological polar surface area (TPSA) is 93.5 Å². The van der Waals surface area contributed by atoms with Crippen LogP contribution in [0.4, 0.5) is 16.2 Å². The summed E-state index contributed by atoms with van der Waals surface area (Å²) >= 11 is 5.95. The smallest absolute Gasteiger partial charge is 0.318 e. The Morgan fingerprint density at radius 3 is 2.50 bits per heavy atom. The van der Waals surface area contributed by atoms with E-state index in [1.807, 2.05) is 0 Å². The summed E-state index contributed by atoms with van der Waals surface area (Å²) in [6.07, 6.45) is 0. The molecule has 2 amide bonds. The zero-order valence-electron chi connectivity index (χ0n) is 11.5. The Labute approximate surface area is 131 Å². The van der Waals surface area contributed by atoms with E-state index in [-0.39, 0.29) is 22.5 Å². The first-order chi connectivity index (χ1) is 10.5.